The van der Waals surface area contributed by atoms with Crippen molar-refractivity contribution in [1.29, 1.82) is 0 Å². The molecule has 0 unspecified atom stereocenters. The second-order valence-electron chi connectivity index (χ2n) is 5.50. The predicted octanol–water partition coefficient (Wildman–Crippen LogP) is 2.37. The second kappa shape index (κ2) is 5.76. The van der Waals surface area contributed by atoms with Crippen molar-refractivity contribution in [2.45, 2.75) is 5.41 Å². The molecule has 1 aliphatic heterocycles. The van der Waals surface area contributed by atoms with Crippen LogP contribution in [-0.2, 0) is 24.5 Å². The monoisotopic (exact) mass is 344 g/mol. The first-order valence-electron chi connectivity index (χ1n) is 7.19. The van der Waals surface area contributed by atoms with E-state index in [4.69, 9.17) is 11.6 Å². The van der Waals surface area contributed by atoms with Crippen LogP contribution in [0.4, 0.5) is 0 Å². The maximum atomic E-state index is 12.3. The van der Waals surface area contributed by atoms with Crippen molar-refractivity contribution in [3.05, 3.63) is 71.8 Å². The van der Waals surface area contributed by atoms with Gasteiger partial charge < -0.3 is 9.84 Å². The number of alkyl halides is 1. The van der Waals surface area contributed by atoms with Crippen LogP contribution in [0.25, 0.3) is 0 Å². The molecule has 0 atom stereocenters. The van der Waals surface area contributed by atoms with E-state index in [9.17, 15) is 19.5 Å². The molecule has 6 heteroatoms. The van der Waals surface area contributed by atoms with E-state index in [0.717, 1.165) is 0 Å². The van der Waals surface area contributed by atoms with Crippen LogP contribution < -0.4 is 0 Å². The van der Waals surface area contributed by atoms with Crippen LogP contribution in [-0.4, -0.2) is 28.9 Å². The molecule has 0 amide bonds. The number of halogens is 1. The molecule has 5 nitrogen and oxygen atoms in total. The molecule has 1 saturated heterocycles. The molecule has 0 aromatic heterocycles. The topological polar surface area (TPSA) is 80.7 Å². The lowest BCUT2D eigenvalue weighted by atomic mass is 9.55. The summed E-state index contributed by atoms with van der Waals surface area (Å²) in [5.41, 5.74) is -3.07. The molecular weight excluding hydrogens is 332 g/mol. The van der Waals surface area contributed by atoms with E-state index in [1.54, 1.807) is 60.7 Å². The molecule has 1 heterocycles. The Kier molecular flexibility index (Phi) is 3.89. The first-order chi connectivity index (χ1) is 11.5. The van der Waals surface area contributed by atoms with Gasteiger partial charge in [0.05, 0.1) is 5.41 Å². The summed E-state index contributed by atoms with van der Waals surface area (Å²) in [5, 5.41) is 9.83. The van der Waals surface area contributed by atoms with Gasteiger partial charge in [0, 0.05) is 5.88 Å². The van der Waals surface area contributed by atoms with E-state index in [1.165, 1.54) is 0 Å². The highest BCUT2D eigenvalue weighted by Crippen LogP contribution is 2.54. The fraction of sp³-hybridized carbons (Fsp3) is 0.167. The number of carboxylic acids is 1. The third-order valence-electron chi connectivity index (χ3n) is 4.49. The molecule has 0 aliphatic carbocycles. The van der Waals surface area contributed by atoms with Crippen molar-refractivity contribution in [3.8, 4) is 0 Å². The summed E-state index contributed by atoms with van der Waals surface area (Å²) >= 11 is 6.24. The van der Waals surface area contributed by atoms with Crippen molar-refractivity contribution in [3.63, 3.8) is 0 Å². The van der Waals surface area contributed by atoms with Crippen LogP contribution in [0.5, 0.6) is 0 Å². The second-order valence-corrected chi connectivity index (χ2v) is 5.77. The summed E-state index contributed by atoms with van der Waals surface area (Å²) in [7, 11) is 0. The van der Waals surface area contributed by atoms with Gasteiger partial charge in [-0.25, -0.2) is 9.59 Å². The first kappa shape index (κ1) is 16.2. The van der Waals surface area contributed by atoms with Crippen LogP contribution in [0.15, 0.2) is 60.7 Å². The van der Waals surface area contributed by atoms with Crippen LogP contribution in [0.2, 0.25) is 0 Å². The quantitative estimate of drug-likeness (QED) is 0.511. The highest BCUT2D eigenvalue weighted by atomic mass is 35.5. The zero-order valence-corrected chi connectivity index (χ0v) is 13.2. The summed E-state index contributed by atoms with van der Waals surface area (Å²) in [5.74, 6) is -4.06. The predicted molar refractivity (Wildman–Crippen MR) is 85.6 cm³/mol. The van der Waals surface area contributed by atoms with Gasteiger partial charge in [-0.05, 0) is 11.1 Å². The van der Waals surface area contributed by atoms with Gasteiger partial charge in [-0.2, -0.15) is 0 Å². The van der Waals surface area contributed by atoms with Gasteiger partial charge in [-0.1, -0.05) is 60.7 Å². The molecule has 0 spiro atoms. The number of esters is 2. The summed E-state index contributed by atoms with van der Waals surface area (Å²) in [6, 6.07) is 16.9. The van der Waals surface area contributed by atoms with Gasteiger partial charge in [0.25, 0.3) is 5.41 Å². The third kappa shape index (κ3) is 1.85. The number of benzene rings is 2. The van der Waals surface area contributed by atoms with Crippen LogP contribution in [0, 0.1) is 5.41 Å². The highest BCUT2D eigenvalue weighted by molar-refractivity contribution is 6.31. The summed E-state index contributed by atoms with van der Waals surface area (Å²) in [6.45, 7) is 0. The molecule has 1 aliphatic rings. The number of rotatable bonds is 5. The minimum Gasteiger partial charge on any atom is -0.480 e. The highest BCUT2D eigenvalue weighted by Gasteiger charge is 2.76. The van der Waals surface area contributed by atoms with Crippen molar-refractivity contribution >= 4 is 29.5 Å². The van der Waals surface area contributed by atoms with Crippen LogP contribution >= 0.6 is 11.6 Å². The standard InChI is InChI=1S/C18H13ClO5/c19-11-17(12-7-3-1-4-8-12,13-9-5-2-6-10-13)18(14(20)21)15(22)24-16(18)23/h1-10H,11H2,(H,20,21). The fourth-order valence-electron chi connectivity index (χ4n) is 3.28. The van der Waals surface area contributed by atoms with Gasteiger partial charge in [-0.15, -0.1) is 11.6 Å². The van der Waals surface area contributed by atoms with Gasteiger partial charge in [-0.3, -0.25) is 4.79 Å². The van der Waals surface area contributed by atoms with Crippen LogP contribution in [0.3, 0.4) is 0 Å². The number of carboxylic acid groups (broad SMARTS) is 1. The molecule has 1 N–H and O–H groups in total. The molecule has 2 aromatic rings. The molecule has 0 saturated carbocycles. The number of hydrogen-bond acceptors (Lipinski definition) is 4. The van der Waals surface area contributed by atoms with E-state index >= 15 is 0 Å². The number of cyclic esters (lactones) is 2. The Morgan fingerprint density at radius 2 is 1.38 bits per heavy atom. The number of aliphatic carboxylic acids is 1. The smallest absolute Gasteiger partial charge is 0.344 e. The normalized spacial score (nSPS) is 16.2. The number of ether oxygens (including phenoxy) is 1. The summed E-state index contributed by atoms with van der Waals surface area (Å²) in [6.07, 6.45) is 0. The maximum absolute atomic E-state index is 12.3. The number of carbonyl (C=O) groups excluding carboxylic acids is 2. The average Bonchev–Trinajstić information content (AvgIpc) is 2.60. The lowest BCUT2D eigenvalue weighted by Crippen LogP contribution is -2.70. The third-order valence-corrected chi connectivity index (χ3v) is 4.89. The fourth-order valence-corrected chi connectivity index (χ4v) is 3.79. The lowest BCUT2D eigenvalue weighted by molar-refractivity contribution is -0.207. The van der Waals surface area contributed by atoms with Gasteiger partial charge in [0.1, 0.15) is 0 Å². The molecular formula is C18H13ClO5. The van der Waals surface area contributed by atoms with Crippen molar-refractivity contribution in [2.24, 2.45) is 5.41 Å². The molecule has 24 heavy (non-hydrogen) atoms. The Labute approximate surface area is 142 Å². The SMILES string of the molecule is O=C(O)C1(C(CCl)(c2ccccc2)c2ccccc2)C(=O)OC1=O. The van der Waals surface area contributed by atoms with E-state index in [2.05, 4.69) is 4.74 Å². The van der Waals surface area contributed by atoms with Gasteiger partial charge in [0.15, 0.2) is 0 Å². The molecule has 0 bridgehead atoms. The van der Waals surface area contributed by atoms with Crippen molar-refractivity contribution in [2.75, 3.05) is 5.88 Å². The maximum Gasteiger partial charge on any atom is 0.344 e. The Hall–Kier alpha value is -2.66. The minimum absolute atomic E-state index is 0.284. The molecule has 122 valence electrons. The largest absolute Gasteiger partial charge is 0.480 e. The van der Waals surface area contributed by atoms with Gasteiger partial charge >= 0.3 is 17.9 Å². The van der Waals surface area contributed by atoms with E-state index in [-0.39, 0.29) is 5.88 Å². The number of carbonyl (C=O) groups is 3. The average molecular weight is 345 g/mol. The Bertz CT molecular complexity index is 733. The summed E-state index contributed by atoms with van der Waals surface area (Å²) < 4.78 is 4.45. The van der Waals surface area contributed by atoms with E-state index < -0.39 is 28.7 Å². The first-order valence-corrected chi connectivity index (χ1v) is 7.72. The molecule has 1 fully saturated rings. The molecule has 3 rings (SSSR count). The Morgan fingerprint density at radius 3 is 1.67 bits per heavy atom. The van der Waals surface area contributed by atoms with Gasteiger partial charge in [0.2, 0.25) is 0 Å². The van der Waals surface area contributed by atoms with Crippen molar-refractivity contribution in [1.82, 2.24) is 0 Å². The zero-order valence-electron chi connectivity index (χ0n) is 12.4. The Morgan fingerprint density at radius 1 is 0.958 bits per heavy atom. The Balaban J connectivity index is 2.41. The molecule has 2 aromatic carbocycles. The van der Waals surface area contributed by atoms with Crippen LogP contribution in [0.1, 0.15) is 11.1 Å². The number of hydrogen-bond donors (Lipinski definition) is 1. The van der Waals surface area contributed by atoms with Crippen molar-refractivity contribution < 1.29 is 24.2 Å². The molecule has 0 radical (unpaired) electrons. The summed E-state index contributed by atoms with van der Waals surface area (Å²) in [4.78, 5) is 36.6. The van der Waals surface area contributed by atoms with E-state index in [1.807, 2.05) is 0 Å². The zero-order chi connectivity index (χ0) is 17.4. The lowest BCUT2D eigenvalue weighted by Gasteiger charge is -2.47. The van der Waals surface area contributed by atoms with E-state index in [0.29, 0.717) is 11.1 Å². The minimum atomic E-state index is -2.41.